The summed E-state index contributed by atoms with van der Waals surface area (Å²) in [7, 11) is 0. The molecular weight excluding hydrogens is 266 g/mol. The summed E-state index contributed by atoms with van der Waals surface area (Å²) < 4.78 is 0. The summed E-state index contributed by atoms with van der Waals surface area (Å²) in [5.74, 6) is -0.122. The minimum atomic E-state index is -0.667. The van der Waals surface area contributed by atoms with Crippen molar-refractivity contribution in [2.24, 2.45) is 11.7 Å². The number of primary amides is 1. The normalized spacial score (nSPS) is 13.2. The lowest BCUT2D eigenvalue weighted by molar-refractivity contribution is -0.124. The summed E-state index contributed by atoms with van der Waals surface area (Å²) in [6.07, 6.45) is 2.57. The van der Waals surface area contributed by atoms with Crippen LogP contribution < -0.4 is 16.4 Å². The second-order valence-corrected chi connectivity index (χ2v) is 5.25. The average Bonchev–Trinajstić information content (AvgIpc) is 2.49. The van der Waals surface area contributed by atoms with E-state index in [0.717, 1.165) is 19.3 Å². The first kappa shape index (κ1) is 17.0. The van der Waals surface area contributed by atoms with Gasteiger partial charge in [-0.3, -0.25) is 4.79 Å². The van der Waals surface area contributed by atoms with Crippen LogP contribution in [0.1, 0.15) is 32.3 Å². The van der Waals surface area contributed by atoms with Crippen molar-refractivity contribution in [1.29, 1.82) is 0 Å². The number of aryl methyl sites for hydroxylation is 1. The maximum Gasteiger partial charge on any atom is 0.312 e. The van der Waals surface area contributed by atoms with E-state index in [4.69, 9.17) is 5.73 Å². The molecule has 2 unspecified atom stereocenters. The fourth-order valence-corrected chi connectivity index (χ4v) is 2.11. The largest absolute Gasteiger partial charge is 0.354 e. The molecule has 0 saturated carbocycles. The van der Waals surface area contributed by atoms with E-state index in [2.05, 4.69) is 22.8 Å². The molecule has 3 amide bonds. The third kappa shape index (κ3) is 6.29. The number of nitrogens with one attached hydrogen (secondary N) is 2. The fraction of sp³-hybridized carbons (Fsp3) is 0.500. The minimum absolute atomic E-state index is 0.0478. The Balaban J connectivity index is 2.37. The SMILES string of the molecule is CCC(C)C(NC(N)=O)C(=O)NCCCc1ccccc1. The number of benzene rings is 1. The van der Waals surface area contributed by atoms with Gasteiger partial charge in [0.25, 0.3) is 0 Å². The number of hydrogen-bond acceptors (Lipinski definition) is 2. The molecule has 0 heterocycles. The molecule has 0 aliphatic rings. The van der Waals surface area contributed by atoms with Gasteiger partial charge < -0.3 is 16.4 Å². The monoisotopic (exact) mass is 291 g/mol. The first-order chi connectivity index (χ1) is 10.0. The molecule has 1 aromatic carbocycles. The van der Waals surface area contributed by atoms with Crippen LogP contribution >= 0.6 is 0 Å². The molecule has 1 aromatic rings. The topological polar surface area (TPSA) is 84.2 Å². The van der Waals surface area contributed by atoms with Gasteiger partial charge in [0.2, 0.25) is 5.91 Å². The first-order valence-corrected chi connectivity index (χ1v) is 7.42. The van der Waals surface area contributed by atoms with Crippen LogP contribution in [0.4, 0.5) is 4.79 Å². The number of hydrogen-bond donors (Lipinski definition) is 3. The van der Waals surface area contributed by atoms with Crippen molar-refractivity contribution >= 4 is 11.9 Å². The van der Waals surface area contributed by atoms with E-state index in [0.29, 0.717) is 6.54 Å². The Morgan fingerprint density at radius 1 is 1.24 bits per heavy atom. The second-order valence-electron chi connectivity index (χ2n) is 5.25. The van der Waals surface area contributed by atoms with Gasteiger partial charge in [0, 0.05) is 6.54 Å². The average molecular weight is 291 g/mol. The summed E-state index contributed by atoms with van der Waals surface area (Å²) in [6, 6.07) is 8.89. The van der Waals surface area contributed by atoms with Gasteiger partial charge in [-0.05, 0) is 24.3 Å². The molecule has 0 bridgehead atoms. The van der Waals surface area contributed by atoms with Gasteiger partial charge in [-0.15, -0.1) is 0 Å². The van der Waals surface area contributed by atoms with E-state index in [1.165, 1.54) is 5.56 Å². The molecule has 2 atom stereocenters. The van der Waals surface area contributed by atoms with Gasteiger partial charge in [0.15, 0.2) is 0 Å². The molecule has 0 saturated heterocycles. The van der Waals surface area contributed by atoms with Gasteiger partial charge in [0.05, 0.1) is 0 Å². The second kappa shape index (κ2) is 9.00. The molecule has 116 valence electrons. The summed E-state index contributed by atoms with van der Waals surface area (Å²) in [5, 5.41) is 5.38. The molecule has 0 aliphatic heterocycles. The summed E-state index contributed by atoms with van der Waals surface area (Å²) in [6.45, 7) is 4.48. The molecule has 0 aliphatic carbocycles. The van der Waals surface area contributed by atoms with Crippen LogP contribution in [0.25, 0.3) is 0 Å². The van der Waals surface area contributed by atoms with E-state index < -0.39 is 12.1 Å². The highest BCUT2D eigenvalue weighted by molar-refractivity contribution is 5.86. The number of carbonyl (C=O) groups excluding carboxylic acids is 2. The zero-order valence-electron chi connectivity index (χ0n) is 12.8. The standard InChI is InChI=1S/C16H25N3O2/c1-3-12(2)14(19-16(17)21)15(20)18-11-7-10-13-8-5-4-6-9-13/h4-6,8-9,12,14H,3,7,10-11H2,1-2H3,(H,18,20)(H3,17,19,21). The van der Waals surface area contributed by atoms with Crippen LogP contribution in [0, 0.1) is 5.92 Å². The third-order valence-electron chi connectivity index (χ3n) is 3.58. The highest BCUT2D eigenvalue weighted by Gasteiger charge is 2.24. The maximum atomic E-state index is 12.1. The number of urea groups is 1. The molecule has 21 heavy (non-hydrogen) atoms. The zero-order valence-corrected chi connectivity index (χ0v) is 12.8. The molecule has 0 fully saturated rings. The maximum absolute atomic E-state index is 12.1. The predicted molar refractivity (Wildman–Crippen MR) is 83.7 cm³/mol. The molecule has 0 aromatic heterocycles. The minimum Gasteiger partial charge on any atom is -0.354 e. The zero-order chi connectivity index (χ0) is 15.7. The summed E-state index contributed by atoms with van der Waals surface area (Å²) >= 11 is 0. The number of carbonyl (C=O) groups is 2. The lowest BCUT2D eigenvalue weighted by Gasteiger charge is -2.22. The van der Waals surface area contributed by atoms with Gasteiger partial charge in [-0.1, -0.05) is 50.6 Å². The summed E-state index contributed by atoms with van der Waals surface area (Å²) in [4.78, 5) is 23.1. The Labute approximate surface area is 126 Å². The van der Waals surface area contributed by atoms with E-state index in [1.807, 2.05) is 32.0 Å². The molecule has 1 rings (SSSR count). The van der Waals surface area contributed by atoms with Crippen LogP contribution in [0.3, 0.4) is 0 Å². The fourth-order valence-electron chi connectivity index (χ4n) is 2.11. The predicted octanol–water partition coefficient (Wildman–Crippen LogP) is 1.82. The Morgan fingerprint density at radius 2 is 1.90 bits per heavy atom. The van der Waals surface area contributed by atoms with Crippen molar-refractivity contribution in [1.82, 2.24) is 10.6 Å². The van der Waals surface area contributed by atoms with E-state index in [9.17, 15) is 9.59 Å². The van der Waals surface area contributed by atoms with Gasteiger partial charge in [-0.25, -0.2) is 4.79 Å². The summed E-state index contributed by atoms with van der Waals surface area (Å²) in [5.41, 5.74) is 6.37. The van der Waals surface area contributed by atoms with Crippen LogP contribution in [-0.2, 0) is 11.2 Å². The molecule has 0 spiro atoms. The van der Waals surface area contributed by atoms with Crippen molar-refractivity contribution in [2.75, 3.05) is 6.54 Å². The number of rotatable bonds is 8. The first-order valence-electron chi connectivity index (χ1n) is 7.42. The Morgan fingerprint density at radius 3 is 2.48 bits per heavy atom. The van der Waals surface area contributed by atoms with Crippen LogP contribution in [0.2, 0.25) is 0 Å². The highest BCUT2D eigenvalue weighted by atomic mass is 16.2. The smallest absolute Gasteiger partial charge is 0.312 e. The number of amides is 3. The van der Waals surface area contributed by atoms with Crippen molar-refractivity contribution in [3.05, 3.63) is 35.9 Å². The van der Waals surface area contributed by atoms with Crippen molar-refractivity contribution in [3.8, 4) is 0 Å². The Bertz CT molecular complexity index is 448. The lowest BCUT2D eigenvalue weighted by atomic mass is 9.98. The van der Waals surface area contributed by atoms with Crippen LogP contribution in [0.15, 0.2) is 30.3 Å². The van der Waals surface area contributed by atoms with Crippen LogP contribution in [0.5, 0.6) is 0 Å². The van der Waals surface area contributed by atoms with Crippen molar-refractivity contribution in [3.63, 3.8) is 0 Å². The van der Waals surface area contributed by atoms with Crippen molar-refractivity contribution < 1.29 is 9.59 Å². The van der Waals surface area contributed by atoms with E-state index >= 15 is 0 Å². The molecule has 0 radical (unpaired) electrons. The third-order valence-corrected chi connectivity index (χ3v) is 3.58. The molecule has 5 heteroatoms. The molecule has 5 nitrogen and oxygen atoms in total. The number of nitrogens with two attached hydrogens (primary N) is 1. The molecule has 4 N–H and O–H groups in total. The van der Waals surface area contributed by atoms with Gasteiger partial charge >= 0.3 is 6.03 Å². The van der Waals surface area contributed by atoms with Crippen molar-refractivity contribution in [2.45, 2.75) is 39.2 Å². The Hall–Kier alpha value is -2.04. The van der Waals surface area contributed by atoms with E-state index in [1.54, 1.807) is 0 Å². The van der Waals surface area contributed by atoms with Gasteiger partial charge in [-0.2, -0.15) is 0 Å². The highest BCUT2D eigenvalue weighted by Crippen LogP contribution is 2.08. The van der Waals surface area contributed by atoms with Crippen LogP contribution in [-0.4, -0.2) is 24.5 Å². The quantitative estimate of drug-likeness (QED) is 0.638. The van der Waals surface area contributed by atoms with E-state index in [-0.39, 0.29) is 11.8 Å². The lowest BCUT2D eigenvalue weighted by Crippen LogP contribution is -2.51. The molecular formula is C16H25N3O2. The van der Waals surface area contributed by atoms with Gasteiger partial charge in [0.1, 0.15) is 6.04 Å². The Kier molecular flexibility index (Phi) is 7.29.